The van der Waals surface area contributed by atoms with Gasteiger partial charge in [0.05, 0.1) is 6.54 Å². The van der Waals surface area contributed by atoms with Gasteiger partial charge in [-0.3, -0.25) is 9.10 Å². The largest absolute Gasteiger partial charge is 0.385 e. The average Bonchev–Trinajstić information content (AvgIpc) is 2.90. The fourth-order valence-corrected chi connectivity index (χ4v) is 3.19. The zero-order valence-corrected chi connectivity index (χ0v) is 20.7. The summed E-state index contributed by atoms with van der Waals surface area (Å²) in [4.78, 5) is 11.9. The van der Waals surface area contributed by atoms with Gasteiger partial charge in [-0.2, -0.15) is 0 Å². The zero-order valence-electron chi connectivity index (χ0n) is 19.9. The van der Waals surface area contributed by atoms with Crippen molar-refractivity contribution in [2.24, 2.45) is 0 Å². The topological polar surface area (TPSA) is 29.5 Å². The van der Waals surface area contributed by atoms with Crippen LogP contribution in [-0.4, -0.2) is 36.2 Å². The molecule has 0 unspecified atom stereocenters. The van der Waals surface area contributed by atoms with Crippen molar-refractivity contribution in [2.75, 3.05) is 26.0 Å². The molecule has 1 aliphatic rings. The van der Waals surface area contributed by atoms with Crippen molar-refractivity contribution in [3.63, 3.8) is 0 Å². The lowest BCUT2D eigenvalue weighted by atomic mass is 10.0. The van der Waals surface area contributed by atoms with E-state index in [-0.39, 0.29) is 5.91 Å². The molecule has 1 amide bonds. The average molecular weight is 432 g/mol. The number of hydrogen-bond acceptors (Lipinski definition) is 3. The van der Waals surface area contributed by atoms with E-state index in [9.17, 15) is 4.79 Å². The summed E-state index contributed by atoms with van der Waals surface area (Å²) < 4.78 is 6.42. The second-order valence-corrected chi connectivity index (χ2v) is 7.59. The standard InChI is InChI=1S/C20H29NOS.C3H8O.C3H4/c1-5-7-11-15-23-21(18(4)22)16-20-14-10-9-13-19(17(20)3)12-8-6-2;1-3-4-2;1-3-2/h8,10,12-14H,5-7,11,15-16H2,1-4H3;3H2,1-2H3;1-2H2/b12-8-;;. The van der Waals surface area contributed by atoms with Crippen LogP contribution >= 0.6 is 11.9 Å². The fraction of sp³-hybridized carbons (Fsp3) is 0.500. The number of allylic oxidation sites excluding steroid dienone is 5. The van der Waals surface area contributed by atoms with E-state index in [1.807, 2.05) is 23.4 Å². The van der Waals surface area contributed by atoms with Crippen molar-refractivity contribution in [3.8, 4) is 0 Å². The van der Waals surface area contributed by atoms with Gasteiger partial charge in [-0.15, -0.1) is 11.5 Å². The van der Waals surface area contributed by atoms with Crippen molar-refractivity contribution in [2.45, 2.75) is 60.3 Å². The van der Waals surface area contributed by atoms with Crippen molar-refractivity contribution >= 4 is 17.9 Å². The lowest BCUT2D eigenvalue weighted by Gasteiger charge is -2.22. The van der Waals surface area contributed by atoms with E-state index in [1.165, 1.54) is 29.6 Å². The van der Waals surface area contributed by atoms with Crippen molar-refractivity contribution in [3.05, 3.63) is 71.7 Å². The highest BCUT2D eigenvalue weighted by atomic mass is 32.2. The Hall–Kier alpha value is -1.96. The molecule has 4 heteroatoms. The number of carbonyl (C=O) groups is 1. The smallest absolute Gasteiger partial charge is 0.229 e. The molecule has 0 aromatic heterocycles. The van der Waals surface area contributed by atoms with Gasteiger partial charge >= 0.3 is 0 Å². The van der Waals surface area contributed by atoms with E-state index in [0.717, 1.165) is 25.2 Å². The normalized spacial score (nSPS) is 12.3. The van der Waals surface area contributed by atoms with Crippen molar-refractivity contribution < 1.29 is 9.53 Å². The van der Waals surface area contributed by atoms with Crippen LogP contribution in [0.4, 0.5) is 0 Å². The molecule has 0 bridgehead atoms. The Kier molecular flexibility index (Phi) is 21.9. The van der Waals surface area contributed by atoms with Crippen LogP contribution in [0.15, 0.2) is 71.7 Å². The van der Waals surface area contributed by atoms with Crippen LogP contribution < -0.4 is 0 Å². The third-order valence-corrected chi connectivity index (χ3v) is 5.19. The molecule has 0 spiro atoms. The molecule has 0 heterocycles. The molecule has 0 radical (unpaired) electrons. The minimum absolute atomic E-state index is 0.118. The van der Waals surface area contributed by atoms with E-state index >= 15 is 0 Å². The van der Waals surface area contributed by atoms with E-state index in [4.69, 9.17) is 0 Å². The van der Waals surface area contributed by atoms with Crippen LogP contribution in [-0.2, 0) is 9.53 Å². The molecule has 0 aromatic rings. The fourth-order valence-electron chi connectivity index (χ4n) is 2.22. The summed E-state index contributed by atoms with van der Waals surface area (Å²) in [5.74, 6) is 1.12. The maximum atomic E-state index is 11.9. The Labute approximate surface area is 189 Å². The minimum Gasteiger partial charge on any atom is -0.385 e. The van der Waals surface area contributed by atoms with Gasteiger partial charge in [-0.05, 0) is 73.6 Å². The number of nitrogens with zero attached hydrogens (tertiary/aromatic N) is 1. The van der Waals surface area contributed by atoms with Gasteiger partial charge in [0, 0.05) is 26.4 Å². The Morgan fingerprint density at radius 2 is 1.93 bits per heavy atom. The molecule has 1 aliphatic carbocycles. The zero-order chi connectivity index (χ0) is 23.2. The maximum Gasteiger partial charge on any atom is 0.229 e. The number of carbonyl (C=O) groups excluding carboxylic acids is 1. The van der Waals surface area contributed by atoms with Crippen LogP contribution in [0, 0.1) is 0 Å². The third kappa shape index (κ3) is 15.9. The number of ether oxygens (including phenoxy) is 1. The summed E-state index contributed by atoms with van der Waals surface area (Å²) in [6, 6.07) is 0. The molecule has 0 aliphatic heterocycles. The Bertz CT molecular complexity index is 657. The van der Waals surface area contributed by atoms with E-state index < -0.39 is 0 Å². The van der Waals surface area contributed by atoms with Gasteiger partial charge in [0.1, 0.15) is 0 Å². The molecule has 0 aromatic carbocycles. The highest BCUT2D eigenvalue weighted by Crippen LogP contribution is 2.23. The second-order valence-electron chi connectivity index (χ2n) is 6.48. The molecule has 30 heavy (non-hydrogen) atoms. The van der Waals surface area contributed by atoms with Gasteiger partial charge < -0.3 is 4.74 Å². The molecule has 0 saturated carbocycles. The Morgan fingerprint density at radius 3 is 2.43 bits per heavy atom. The minimum atomic E-state index is 0.118. The number of unbranched alkanes of at least 4 members (excludes halogenated alkanes) is 2. The highest BCUT2D eigenvalue weighted by Gasteiger charge is 2.14. The SMILES string of the molecule is C=C=C.CC/C=C\C1=C(C)C(CN(SCCCCC)C(C)=O)=CC=C=C1.CCOC. The second kappa shape index (κ2) is 21.7. The molecule has 168 valence electrons. The number of hydrogen-bond donors (Lipinski definition) is 0. The monoisotopic (exact) mass is 431 g/mol. The van der Waals surface area contributed by atoms with Crippen LogP contribution in [0.3, 0.4) is 0 Å². The Balaban J connectivity index is 0. The van der Waals surface area contributed by atoms with Gasteiger partial charge in [-0.1, -0.05) is 52.0 Å². The van der Waals surface area contributed by atoms with Gasteiger partial charge in [0.15, 0.2) is 0 Å². The molecule has 1 rings (SSSR count). The molecular formula is C26H41NO2S. The summed E-state index contributed by atoms with van der Waals surface area (Å²) in [7, 11) is 1.68. The van der Waals surface area contributed by atoms with E-state index in [2.05, 4.69) is 68.4 Å². The first-order chi connectivity index (χ1) is 14.4. The first-order valence-electron chi connectivity index (χ1n) is 10.6. The number of amides is 1. The quantitative estimate of drug-likeness (QED) is 0.208. The lowest BCUT2D eigenvalue weighted by molar-refractivity contribution is -0.123. The number of methoxy groups -OCH3 is 1. The molecule has 3 nitrogen and oxygen atoms in total. The molecule has 0 fully saturated rings. The summed E-state index contributed by atoms with van der Waals surface area (Å²) in [5, 5.41) is 0. The Morgan fingerprint density at radius 1 is 1.30 bits per heavy atom. The van der Waals surface area contributed by atoms with E-state index in [1.54, 1.807) is 26.0 Å². The molecule has 0 saturated heterocycles. The third-order valence-electron chi connectivity index (χ3n) is 4.02. The summed E-state index contributed by atoms with van der Waals surface area (Å²) >= 11 is 1.65. The molecule has 0 atom stereocenters. The molecule has 0 N–H and O–H groups in total. The van der Waals surface area contributed by atoms with Crippen LogP contribution in [0.25, 0.3) is 0 Å². The summed E-state index contributed by atoms with van der Waals surface area (Å²) in [6.07, 6.45) is 14.9. The van der Waals surface area contributed by atoms with Crippen LogP contribution in [0.2, 0.25) is 0 Å². The summed E-state index contributed by atoms with van der Waals surface area (Å²) in [5.41, 5.74) is 9.01. The van der Waals surface area contributed by atoms with Gasteiger partial charge in [-0.25, -0.2) is 0 Å². The summed E-state index contributed by atoms with van der Waals surface area (Å²) in [6.45, 7) is 17.8. The van der Waals surface area contributed by atoms with Crippen LogP contribution in [0.1, 0.15) is 60.3 Å². The molecular weight excluding hydrogens is 390 g/mol. The van der Waals surface area contributed by atoms with Gasteiger partial charge in [0.25, 0.3) is 0 Å². The lowest BCUT2D eigenvalue weighted by Crippen LogP contribution is -2.25. The highest BCUT2D eigenvalue weighted by molar-refractivity contribution is 7.97. The first kappa shape index (κ1) is 30.2. The predicted molar refractivity (Wildman–Crippen MR) is 135 cm³/mol. The van der Waals surface area contributed by atoms with Gasteiger partial charge in [0.2, 0.25) is 5.91 Å². The van der Waals surface area contributed by atoms with Crippen molar-refractivity contribution in [1.29, 1.82) is 0 Å². The van der Waals surface area contributed by atoms with Crippen molar-refractivity contribution in [1.82, 2.24) is 4.31 Å². The maximum absolute atomic E-state index is 11.9. The first-order valence-corrected chi connectivity index (χ1v) is 11.6. The predicted octanol–water partition coefficient (Wildman–Crippen LogP) is 7.22. The van der Waals surface area contributed by atoms with Crippen LogP contribution in [0.5, 0.6) is 0 Å². The van der Waals surface area contributed by atoms with E-state index in [0.29, 0.717) is 6.54 Å². The number of rotatable bonds is 10.